The average molecular weight is 342 g/mol. The third kappa shape index (κ3) is 2.36. The molecule has 2 fully saturated rings. The van der Waals surface area contributed by atoms with E-state index in [9.17, 15) is 27.9 Å². The van der Waals surface area contributed by atoms with Gasteiger partial charge in [-0.05, 0) is 18.4 Å². The molecule has 1 aliphatic heterocycles. The summed E-state index contributed by atoms with van der Waals surface area (Å²) in [4.78, 5) is 25.5. The highest BCUT2D eigenvalue weighted by Gasteiger charge is 2.69. The van der Waals surface area contributed by atoms with E-state index in [1.807, 2.05) is 5.32 Å². The van der Waals surface area contributed by atoms with Crippen molar-refractivity contribution >= 4 is 11.9 Å². The first-order chi connectivity index (χ1) is 11.3. The number of aliphatic hydroxyl groups excluding tert-OH is 1. The molecule has 1 aliphatic carbocycles. The maximum Gasteiger partial charge on any atom is 0.425 e. The van der Waals surface area contributed by atoms with Crippen molar-refractivity contribution in [3.63, 3.8) is 0 Å². The maximum atomic E-state index is 13.8. The monoisotopic (exact) mass is 342 g/mol. The molecule has 1 heterocycles. The highest BCUT2D eigenvalue weighted by atomic mass is 19.4. The smallest absolute Gasteiger partial charge is 0.391 e. The van der Waals surface area contributed by atoms with E-state index in [1.165, 1.54) is 18.2 Å². The number of halogens is 3. The Morgan fingerprint density at radius 3 is 2.33 bits per heavy atom. The van der Waals surface area contributed by atoms with Gasteiger partial charge in [0.1, 0.15) is 0 Å². The summed E-state index contributed by atoms with van der Waals surface area (Å²) in [6.07, 6.45) is -4.01. The first kappa shape index (κ1) is 16.8. The van der Waals surface area contributed by atoms with Crippen LogP contribution in [-0.4, -0.2) is 40.3 Å². The summed E-state index contributed by atoms with van der Waals surface area (Å²) in [5, 5.41) is 11.9. The number of carbonyl (C=O) groups is 2. The van der Waals surface area contributed by atoms with Gasteiger partial charge in [-0.15, -0.1) is 0 Å². The molecule has 5 nitrogen and oxygen atoms in total. The first-order valence-corrected chi connectivity index (χ1v) is 7.75. The molecule has 2 N–H and O–H groups in total. The van der Waals surface area contributed by atoms with Crippen LogP contribution in [0.2, 0.25) is 0 Å². The molecule has 1 aromatic rings. The van der Waals surface area contributed by atoms with E-state index in [0.29, 0.717) is 30.6 Å². The van der Waals surface area contributed by atoms with Crippen molar-refractivity contribution in [2.45, 2.75) is 49.5 Å². The largest absolute Gasteiger partial charge is 0.425 e. The van der Waals surface area contributed by atoms with Crippen LogP contribution in [0.25, 0.3) is 0 Å². The quantitative estimate of drug-likeness (QED) is 0.811. The fourth-order valence-electron chi connectivity index (χ4n) is 3.48. The highest BCUT2D eigenvalue weighted by Crippen LogP contribution is 2.44. The predicted octanol–water partition coefficient (Wildman–Crippen LogP) is 2.30. The van der Waals surface area contributed by atoms with Crippen molar-refractivity contribution in [1.29, 1.82) is 0 Å². The number of amides is 3. The lowest BCUT2D eigenvalue weighted by molar-refractivity contribution is -0.199. The van der Waals surface area contributed by atoms with Gasteiger partial charge in [0.05, 0.1) is 12.1 Å². The Balaban J connectivity index is 2.06. The van der Waals surface area contributed by atoms with Crippen molar-refractivity contribution in [3.05, 3.63) is 35.9 Å². The van der Waals surface area contributed by atoms with Crippen LogP contribution >= 0.6 is 0 Å². The highest BCUT2D eigenvalue weighted by molar-refractivity contribution is 6.08. The molecule has 0 radical (unpaired) electrons. The first-order valence-electron chi connectivity index (χ1n) is 7.75. The average Bonchev–Trinajstić information content (AvgIpc) is 2.81. The van der Waals surface area contributed by atoms with Crippen molar-refractivity contribution in [2.75, 3.05) is 0 Å². The summed E-state index contributed by atoms with van der Waals surface area (Å²) in [6, 6.07) is 4.54. The van der Waals surface area contributed by atoms with Crippen LogP contribution in [0.3, 0.4) is 0 Å². The summed E-state index contributed by atoms with van der Waals surface area (Å²) in [7, 11) is 0. The Labute approximate surface area is 136 Å². The number of aliphatic hydroxyl groups is 1. The van der Waals surface area contributed by atoms with E-state index >= 15 is 0 Å². The van der Waals surface area contributed by atoms with Crippen LogP contribution in [0.5, 0.6) is 0 Å². The molecule has 3 rings (SSSR count). The van der Waals surface area contributed by atoms with Crippen LogP contribution in [0.4, 0.5) is 18.0 Å². The van der Waals surface area contributed by atoms with E-state index in [4.69, 9.17) is 0 Å². The van der Waals surface area contributed by atoms with E-state index in [0.717, 1.165) is 12.1 Å². The normalized spacial score (nSPS) is 31.2. The van der Waals surface area contributed by atoms with Gasteiger partial charge in [-0.2, -0.15) is 13.2 Å². The van der Waals surface area contributed by atoms with Gasteiger partial charge in [-0.1, -0.05) is 43.2 Å². The van der Waals surface area contributed by atoms with Crippen molar-refractivity contribution < 1.29 is 27.9 Å². The minimum Gasteiger partial charge on any atom is -0.391 e. The summed E-state index contributed by atoms with van der Waals surface area (Å²) in [6.45, 7) is 0. The molecule has 0 aromatic heterocycles. The molecular formula is C16H17F3N2O3. The molecule has 2 aliphatic rings. The van der Waals surface area contributed by atoms with E-state index in [-0.39, 0.29) is 5.56 Å². The number of hydrogen-bond donors (Lipinski definition) is 2. The molecule has 3 amide bonds. The second kappa shape index (κ2) is 5.77. The van der Waals surface area contributed by atoms with Crippen molar-refractivity contribution in [1.82, 2.24) is 10.2 Å². The number of alkyl halides is 3. The minimum absolute atomic E-state index is 0.295. The third-order valence-corrected chi connectivity index (χ3v) is 4.71. The molecule has 130 valence electrons. The number of rotatable bonds is 2. The number of carbonyl (C=O) groups excluding carboxylic acids is 2. The number of benzene rings is 1. The molecular weight excluding hydrogens is 325 g/mol. The standard InChI is InChI=1S/C16H17F3N2O3/c17-16(18,19)15(10-6-2-1-3-7-10)13(23)21(14(24)20-15)11-8-4-5-9-12(11)22/h1-3,6-7,11-12,22H,4-5,8-9H2,(H,20,24)/t11-,12+,15+/m1/s1. The van der Waals surface area contributed by atoms with Gasteiger partial charge in [-0.3, -0.25) is 9.69 Å². The van der Waals surface area contributed by atoms with Crippen LogP contribution in [0.15, 0.2) is 30.3 Å². The summed E-state index contributed by atoms with van der Waals surface area (Å²) >= 11 is 0. The van der Waals surface area contributed by atoms with Crippen molar-refractivity contribution in [2.24, 2.45) is 0 Å². The molecule has 0 bridgehead atoms. The topological polar surface area (TPSA) is 69.6 Å². The summed E-state index contributed by atoms with van der Waals surface area (Å²) in [5.41, 5.74) is -3.45. The van der Waals surface area contributed by atoms with Gasteiger partial charge in [-0.25, -0.2) is 4.79 Å². The zero-order chi connectivity index (χ0) is 17.5. The van der Waals surface area contributed by atoms with E-state index in [2.05, 4.69) is 0 Å². The maximum absolute atomic E-state index is 13.8. The Morgan fingerprint density at radius 2 is 1.75 bits per heavy atom. The second-order valence-electron chi connectivity index (χ2n) is 6.14. The van der Waals surface area contributed by atoms with Gasteiger partial charge in [0.2, 0.25) is 5.54 Å². The Hall–Kier alpha value is -2.09. The number of urea groups is 1. The zero-order valence-corrected chi connectivity index (χ0v) is 12.7. The van der Waals surface area contributed by atoms with Crippen LogP contribution in [-0.2, 0) is 10.3 Å². The molecule has 1 aromatic carbocycles. The number of hydrogen-bond acceptors (Lipinski definition) is 3. The summed E-state index contributed by atoms with van der Waals surface area (Å²) in [5.74, 6) is -1.38. The van der Waals surface area contributed by atoms with E-state index in [1.54, 1.807) is 0 Å². The van der Waals surface area contributed by atoms with Crippen LogP contribution in [0.1, 0.15) is 31.2 Å². The van der Waals surface area contributed by atoms with Gasteiger partial charge in [0.15, 0.2) is 0 Å². The Morgan fingerprint density at radius 1 is 1.12 bits per heavy atom. The molecule has 0 unspecified atom stereocenters. The lowest BCUT2D eigenvalue weighted by Gasteiger charge is -2.34. The Bertz CT molecular complexity index is 650. The minimum atomic E-state index is -5.00. The number of nitrogens with zero attached hydrogens (tertiary/aromatic N) is 1. The molecule has 1 saturated carbocycles. The van der Waals surface area contributed by atoms with Gasteiger partial charge in [0.25, 0.3) is 5.91 Å². The second-order valence-corrected chi connectivity index (χ2v) is 6.14. The van der Waals surface area contributed by atoms with Crippen molar-refractivity contribution in [3.8, 4) is 0 Å². The third-order valence-electron chi connectivity index (χ3n) is 4.71. The fourth-order valence-corrected chi connectivity index (χ4v) is 3.48. The van der Waals surface area contributed by atoms with Gasteiger partial charge >= 0.3 is 12.2 Å². The van der Waals surface area contributed by atoms with Gasteiger partial charge < -0.3 is 10.4 Å². The summed E-state index contributed by atoms with van der Waals surface area (Å²) < 4.78 is 41.5. The molecule has 3 atom stereocenters. The zero-order valence-electron chi connectivity index (χ0n) is 12.7. The Kier molecular flexibility index (Phi) is 4.03. The van der Waals surface area contributed by atoms with Crippen LogP contribution in [0, 0.1) is 0 Å². The molecule has 0 spiro atoms. The lowest BCUT2D eigenvalue weighted by atomic mass is 9.87. The predicted molar refractivity (Wildman–Crippen MR) is 77.8 cm³/mol. The SMILES string of the molecule is O=C1N[C@](c2ccccc2)(C(F)(F)F)C(=O)N1[C@@H]1CCCC[C@@H]1O. The lowest BCUT2D eigenvalue weighted by Crippen LogP contribution is -2.56. The molecule has 1 saturated heterocycles. The molecule has 8 heteroatoms. The number of imide groups is 1. The van der Waals surface area contributed by atoms with Gasteiger partial charge in [0, 0.05) is 0 Å². The number of nitrogens with one attached hydrogen (secondary N) is 1. The molecule has 24 heavy (non-hydrogen) atoms. The van der Waals surface area contributed by atoms with E-state index < -0.39 is 35.8 Å². The fraction of sp³-hybridized carbons (Fsp3) is 0.500. The van der Waals surface area contributed by atoms with Crippen LogP contribution < -0.4 is 5.32 Å².